The molecule has 2 aliphatic rings. The third-order valence-corrected chi connectivity index (χ3v) is 5.31. The molecule has 2 heterocycles. The average Bonchev–Trinajstić information content (AvgIpc) is 2.88. The highest BCUT2D eigenvalue weighted by Gasteiger charge is 2.60. The third-order valence-electron chi connectivity index (χ3n) is 4.38. The maximum absolute atomic E-state index is 12.7. The van der Waals surface area contributed by atoms with Crippen molar-refractivity contribution >= 4 is 17.2 Å². The van der Waals surface area contributed by atoms with E-state index in [9.17, 15) is 4.79 Å². The molecule has 3 rings (SSSR count). The van der Waals surface area contributed by atoms with Gasteiger partial charge in [0.05, 0.1) is 0 Å². The van der Waals surface area contributed by atoms with Gasteiger partial charge in [-0.05, 0) is 37.1 Å². The van der Waals surface area contributed by atoms with Crippen molar-refractivity contribution in [3.05, 3.63) is 22.4 Å². The molecule has 1 amide bonds. The van der Waals surface area contributed by atoms with Crippen molar-refractivity contribution < 1.29 is 4.79 Å². The highest BCUT2D eigenvalue weighted by atomic mass is 32.1. The van der Waals surface area contributed by atoms with Gasteiger partial charge in [0.2, 0.25) is 5.91 Å². The molecule has 1 saturated carbocycles. The number of amides is 1. The van der Waals surface area contributed by atoms with Gasteiger partial charge in [0.25, 0.3) is 0 Å². The zero-order valence-electron chi connectivity index (χ0n) is 11.7. The number of hydrogen-bond donors (Lipinski definition) is 1. The van der Waals surface area contributed by atoms with E-state index in [2.05, 4.69) is 41.6 Å². The predicted octanol–water partition coefficient (Wildman–Crippen LogP) is 3.29. The Balaban J connectivity index is 1.90. The van der Waals surface area contributed by atoms with E-state index in [1.54, 1.807) is 11.3 Å². The van der Waals surface area contributed by atoms with Crippen molar-refractivity contribution in [1.29, 1.82) is 0 Å². The van der Waals surface area contributed by atoms with Crippen molar-refractivity contribution in [2.45, 2.75) is 63.7 Å². The van der Waals surface area contributed by atoms with Gasteiger partial charge in [-0.25, -0.2) is 0 Å². The summed E-state index contributed by atoms with van der Waals surface area (Å²) in [5, 5.41) is 5.70. The van der Waals surface area contributed by atoms with E-state index in [-0.39, 0.29) is 11.7 Å². The van der Waals surface area contributed by atoms with Gasteiger partial charge >= 0.3 is 0 Å². The SMILES string of the molecule is CCCC(CC)N1C(=O)C2(CC2)NC1c1cccs1. The van der Waals surface area contributed by atoms with Gasteiger partial charge < -0.3 is 4.90 Å². The maximum atomic E-state index is 12.7. The van der Waals surface area contributed by atoms with E-state index in [4.69, 9.17) is 0 Å². The summed E-state index contributed by atoms with van der Waals surface area (Å²) in [6.07, 6.45) is 5.39. The summed E-state index contributed by atoms with van der Waals surface area (Å²) in [7, 11) is 0. The Morgan fingerprint density at radius 1 is 1.53 bits per heavy atom. The molecule has 1 saturated heterocycles. The fourth-order valence-corrected chi connectivity index (χ4v) is 3.92. The fraction of sp³-hybridized carbons (Fsp3) is 0.667. The van der Waals surface area contributed by atoms with Gasteiger partial charge in [-0.3, -0.25) is 10.1 Å². The minimum absolute atomic E-state index is 0.103. The normalized spacial score (nSPS) is 26.1. The third kappa shape index (κ3) is 2.11. The molecule has 0 bridgehead atoms. The Morgan fingerprint density at radius 2 is 2.32 bits per heavy atom. The van der Waals surface area contributed by atoms with Crippen molar-refractivity contribution in [3.8, 4) is 0 Å². The van der Waals surface area contributed by atoms with Crippen LogP contribution in [-0.2, 0) is 4.79 Å². The van der Waals surface area contributed by atoms with Crippen molar-refractivity contribution in [2.75, 3.05) is 0 Å². The van der Waals surface area contributed by atoms with E-state index < -0.39 is 0 Å². The summed E-state index contributed by atoms with van der Waals surface area (Å²) in [5.41, 5.74) is -0.212. The van der Waals surface area contributed by atoms with Crippen LogP contribution in [0.15, 0.2) is 17.5 Å². The monoisotopic (exact) mass is 278 g/mol. The number of carbonyl (C=O) groups is 1. The van der Waals surface area contributed by atoms with E-state index in [1.807, 2.05) is 0 Å². The average molecular weight is 278 g/mol. The Labute approximate surface area is 119 Å². The Morgan fingerprint density at radius 3 is 2.84 bits per heavy atom. The lowest BCUT2D eigenvalue weighted by Crippen LogP contribution is -2.40. The van der Waals surface area contributed by atoms with Crippen LogP contribution in [0.2, 0.25) is 0 Å². The summed E-state index contributed by atoms with van der Waals surface area (Å²) in [6, 6.07) is 4.59. The van der Waals surface area contributed by atoms with Crippen LogP contribution in [0.1, 0.15) is 57.0 Å². The Bertz CT molecular complexity index is 453. The molecule has 1 spiro atoms. The zero-order valence-corrected chi connectivity index (χ0v) is 12.5. The highest BCUT2D eigenvalue weighted by Crippen LogP contribution is 2.47. The molecule has 19 heavy (non-hydrogen) atoms. The molecule has 4 heteroatoms. The molecule has 1 aromatic heterocycles. The van der Waals surface area contributed by atoms with Crippen LogP contribution in [0.3, 0.4) is 0 Å². The number of nitrogens with zero attached hydrogens (tertiary/aromatic N) is 1. The summed E-state index contributed by atoms with van der Waals surface area (Å²) in [4.78, 5) is 16.1. The smallest absolute Gasteiger partial charge is 0.244 e. The Hall–Kier alpha value is -0.870. The Kier molecular flexibility index (Phi) is 3.39. The lowest BCUT2D eigenvalue weighted by molar-refractivity contribution is -0.133. The molecular weight excluding hydrogens is 256 g/mol. The largest absolute Gasteiger partial charge is 0.317 e. The van der Waals surface area contributed by atoms with Crippen LogP contribution in [0.25, 0.3) is 0 Å². The molecule has 2 atom stereocenters. The molecule has 1 aliphatic heterocycles. The molecule has 3 nitrogen and oxygen atoms in total. The minimum atomic E-state index is -0.212. The lowest BCUT2D eigenvalue weighted by atomic mass is 10.1. The van der Waals surface area contributed by atoms with Gasteiger partial charge in [0.15, 0.2) is 0 Å². The molecule has 2 fully saturated rings. The number of nitrogens with one attached hydrogen (secondary N) is 1. The number of hydrogen-bond acceptors (Lipinski definition) is 3. The number of thiophene rings is 1. The van der Waals surface area contributed by atoms with Gasteiger partial charge in [0.1, 0.15) is 11.7 Å². The molecule has 2 unspecified atom stereocenters. The first kappa shape index (κ1) is 13.1. The maximum Gasteiger partial charge on any atom is 0.244 e. The van der Waals surface area contributed by atoms with Gasteiger partial charge in [-0.2, -0.15) is 0 Å². The highest BCUT2D eigenvalue weighted by molar-refractivity contribution is 7.10. The first-order chi connectivity index (χ1) is 9.22. The van der Waals surface area contributed by atoms with Gasteiger partial charge in [-0.15, -0.1) is 11.3 Å². The van der Waals surface area contributed by atoms with Crippen LogP contribution < -0.4 is 5.32 Å². The van der Waals surface area contributed by atoms with Crippen molar-refractivity contribution in [2.24, 2.45) is 0 Å². The molecule has 1 aliphatic carbocycles. The molecular formula is C15H22N2OS. The molecule has 1 aromatic rings. The van der Waals surface area contributed by atoms with Gasteiger partial charge in [0, 0.05) is 10.9 Å². The van der Waals surface area contributed by atoms with E-state index in [1.165, 1.54) is 4.88 Å². The fourth-order valence-electron chi connectivity index (χ4n) is 3.15. The number of carbonyl (C=O) groups excluding carboxylic acids is 1. The van der Waals surface area contributed by atoms with E-state index in [0.29, 0.717) is 11.9 Å². The molecule has 1 N–H and O–H groups in total. The van der Waals surface area contributed by atoms with Crippen LogP contribution in [-0.4, -0.2) is 22.4 Å². The quantitative estimate of drug-likeness (QED) is 0.896. The summed E-state index contributed by atoms with van der Waals surface area (Å²) >= 11 is 1.74. The van der Waals surface area contributed by atoms with E-state index >= 15 is 0 Å². The first-order valence-corrected chi connectivity index (χ1v) is 8.23. The second-order valence-corrected chi connectivity index (χ2v) is 6.69. The summed E-state index contributed by atoms with van der Waals surface area (Å²) in [5.74, 6) is 0.339. The molecule has 104 valence electrons. The van der Waals surface area contributed by atoms with E-state index in [0.717, 1.165) is 32.1 Å². The van der Waals surface area contributed by atoms with Crippen LogP contribution in [0, 0.1) is 0 Å². The van der Waals surface area contributed by atoms with Crippen molar-refractivity contribution in [1.82, 2.24) is 10.2 Å². The molecule has 0 aromatic carbocycles. The second kappa shape index (κ2) is 4.91. The van der Waals surface area contributed by atoms with Gasteiger partial charge in [-0.1, -0.05) is 26.3 Å². The topological polar surface area (TPSA) is 32.3 Å². The minimum Gasteiger partial charge on any atom is -0.317 e. The first-order valence-electron chi connectivity index (χ1n) is 7.35. The second-order valence-electron chi connectivity index (χ2n) is 5.71. The standard InChI is InChI=1S/C15H22N2OS/c1-3-6-11(4-2)17-13(12-7-5-10-19-12)16-15(8-9-15)14(17)18/h5,7,10-11,13,16H,3-4,6,8-9H2,1-2H3. The summed E-state index contributed by atoms with van der Waals surface area (Å²) < 4.78 is 0. The van der Waals surface area contributed by atoms with Crippen molar-refractivity contribution in [3.63, 3.8) is 0 Å². The predicted molar refractivity (Wildman–Crippen MR) is 78.0 cm³/mol. The van der Waals surface area contributed by atoms with Crippen LogP contribution in [0.4, 0.5) is 0 Å². The summed E-state index contributed by atoms with van der Waals surface area (Å²) in [6.45, 7) is 4.39. The zero-order chi connectivity index (χ0) is 13.5. The molecule has 0 radical (unpaired) electrons. The lowest BCUT2D eigenvalue weighted by Gasteiger charge is -2.31. The van der Waals surface area contributed by atoms with Crippen LogP contribution in [0.5, 0.6) is 0 Å². The van der Waals surface area contributed by atoms with Crippen LogP contribution >= 0.6 is 11.3 Å². The number of rotatable bonds is 5.